The first-order chi connectivity index (χ1) is 10.1. The Morgan fingerprint density at radius 1 is 1.09 bits per heavy atom. The molecule has 0 saturated heterocycles. The van der Waals surface area contributed by atoms with Crippen molar-refractivity contribution in [2.24, 2.45) is 11.1 Å². The summed E-state index contributed by atoms with van der Waals surface area (Å²) in [5, 5.41) is 5.71. The summed E-state index contributed by atoms with van der Waals surface area (Å²) in [6.07, 6.45) is 4.29. The number of rotatable bonds is 5. The molecule has 0 bridgehead atoms. The molecule has 0 unspecified atom stereocenters. The third-order valence-corrected chi connectivity index (χ3v) is 4.18. The molecule has 6 heteroatoms. The van der Waals surface area contributed by atoms with Crippen molar-refractivity contribution < 1.29 is 9.59 Å². The van der Waals surface area contributed by atoms with Crippen LogP contribution >= 0.6 is 12.4 Å². The number of benzene rings is 1. The SMILES string of the molecule is CCC(=O)Nc1ccc(NC(=O)C2(CN)CCCC2)cc1.Cl. The first-order valence-corrected chi connectivity index (χ1v) is 7.51. The van der Waals surface area contributed by atoms with Crippen molar-refractivity contribution in [2.45, 2.75) is 39.0 Å². The third kappa shape index (κ3) is 4.21. The summed E-state index contributed by atoms with van der Waals surface area (Å²) in [5.74, 6) is -0.0207. The van der Waals surface area contributed by atoms with Gasteiger partial charge in [0.15, 0.2) is 0 Å². The summed E-state index contributed by atoms with van der Waals surface area (Å²) in [6, 6.07) is 7.16. The van der Waals surface area contributed by atoms with Gasteiger partial charge in [0.25, 0.3) is 0 Å². The number of anilines is 2. The highest BCUT2D eigenvalue weighted by molar-refractivity contribution is 5.96. The van der Waals surface area contributed by atoms with Gasteiger partial charge in [-0.15, -0.1) is 12.4 Å². The van der Waals surface area contributed by atoms with E-state index in [0.29, 0.717) is 13.0 Å². The molecular weight excluding hydrogens is 302 g/mol. The molecule has 2 amide bonds. The molecule has 0 heterocycles. The zero-order valence-electron chi connectivity index (χ0n) is 12.9. The van der Waals surface area contributed by atoms with Gasteiger partial charge in [0.1, 0.15) is 0 Å². The van der Waals surface area contributed by atoms with Crippen molar-refractivity contribution in [1.29, 1.82) is 0 Å². The fourth-order valence-electron chi connectivity index (χ4n) is 2.73. The van der Waals surface area contributed by atoms with E-state index in [0.717, 1.165) is 37.1 Å². The van der Waals surface area contributed by atoms with Crippen LogP contribution in [0.3, 0.4) is 0 Å². The molecule has 0 radical (unpaired) electrons. The highest BCUT2D eigenvalue weighted by Crippen LogP contribution is 2.38. The van der Waals surface area contributed by atoms with Gasteiger partial charge in [-0.1, -0.05) is 19.8 Å². The van der Waals surface area contributed by atoms with Gasteiger partial charge in [-0.05, 0) is 37.1 Å². The molecule has 0 atom stereocenters. The minimum absolute atomic E-state index is 0. The maximum Gasteiger partial charge on any atom is 0.231 e. The second kappa shape index (κ2) is 8.15. The van der Waals surface area contributed by atoms with Crippen LogP contribution in [-0.2, 0) is 9.59 Å². The van der Waals surface area contributed by atoms with E-state index in [1.165, 1.54) is 0 Å². The lowest BCUT2D eigenvalue weighted by Gasteiger charge is -2.25. The quantitative estimate of drug-likeness (QED) is 0.778. The van der Waals surface area contributed by atoms with Crippen molar-refractivity contribution in [3.63, 3.8) is 0 Å². The van der Waals surface area contributed by atoms with E-state index in [2.05, 4.69) is 10.6 Å². The van der Waals surface area contributed by atoms with Crippen LogP contribution in [0.2, 0.25) is 0 Å². The van der Waals surface area contributed by atoms with Gasteiger partial charge in [-0.3, -0.25) is 9.59 Å². The number of amides is 2. The minimum atomic E-state index is -0.408. The number of carbonyl (C=O) groups excluding carboxylic acids is 2. The van der Waals surface area contributed by atoms with Crippen molar-refractivity contribution in [2.75, 3.05) is 17.2 Å². The van der Waals surface area contributed by atoms with Crippen LogP contribution in [0.15, 0.2) is 24.3 Å². The van der Waals surface area contributed by atoms with E-state index in [4.69, 9.17) is 5.73 Å². The van der Waals surface area contributed by atoms with Crippen molar-refractivity contribution in [3.8, 4) is 0 Å². The van der Waals surface area contributed by atoms with E-state index in [-0.39, 0.29) is 24.2 Å². The topological polar surface area (TPSA) is 84.2 Å². The maximum absolute atomic E-state index is 12.4. The normalized spacial score (nSPS) is 15.7. The van der Waals surface area contributed by atoms with Crippen LogP contribution in [-0.4, -0.2) is 18.4 Å². The van der Waals surface area contributed by atoms with Crippen LogP contribution in [0.1, 0.15) is 39.0 Å². The van der Waals surface area contributed by atoms with Crippen LogP contribution in [0.5, 0.6) is 0 Å². The van der Waals surface area contributed by atoms with Gasteiger partial charge in [0.05, 0.1) is 5.41 Å². The highest BCUT2D eigenvalue weighted by Gasteiger charge is 2.39. The molecule has 1 fully saturated rings. The number of nitrogens with two attached hydrogens (primary N) is 1. The van der Waals surface area contributed by atoms with Crippen molar-refractivity contribution in [3.05, 3.63) is 24.3 Å². The standard InChI is InChI=1S/C16H23N3O2.ClH/c1-2-14(20)18-12-5-7-13(8-6-12)19-15(21)16(11-17)9-3-4-10-16;/h5-8H,2-4,9-11,17H2,1H3,(H,18,20)(H,19,21);1H. The van der Waals surface area contributed by atoms with Crippen LogP contribution in [0.4, 0.5) is 11.4 Å². The summed E-state index contributed by atoms with van der Waals surface area (Å²) in [6.45, 7) is 2.20. The third-order valence-electron chi connectivity index (χ3n) is 4.18. The molecule has 0 aliphatic heterocycles. The highest BCUT2D eigenvalue weighted by atomic mass is 35.5. The largest absolute Gasteiger partial charge is 0.329 e. The average Bonchev–Trinajstić information content (AvgIpc) is 2.99. The fourth-order valence-corrected chi connectivity index (χ4v) is 2.73. The van der Waals surface area contributed by atoms with Gasteiger partial charge < -0.3 is 16.4 Å². The van der Waals surface area contributed by atoms with Gasteiger partial charge >= 0.3 is 0 Å². The molecule has 1 aromatic carbocycles. The molecule has 1 aliphatic rings. The molecule has 0 aromatic heterocycles. The van der Waals surface area contributed by atoms with Crippen LogP contribution in [0.25, 0.3) is 0 Å². The smallest absolute Gasteiger partial charge is 0.231 e. The predicted octanol–water partition coefficient (Wildman–Crippen LogP) is 2.91. The number of carbonyl (C=O) groups is 2. The molecule has 122 valence electrons. The Balaban J connectivity index is 0.00000242. The summed E-state index contributed by atoms with van der Waals surface area (Å²) >= 11 is 0. The lowest BCUT2D eigenvalue weighted by molar-refractivity contribution is -0.124. The lowest BCUT2D eigenvalue weighted by atomic mass is 9.85. The molecule has 0 spiro atoms. The van der Waals surface area contributed by atoms with E-state index in [1.54, 1.807) is 31.2 Å². The second-order valence-corrected chi connectivity index (χ2v) is 5.62. The lowest BCUT2D eigenvalue weighted by Crippen LogP contribution is -2.40. The molecule has 4 N–H and O–H groups in total. The Morgan fingerprint density at radius 2 is 1.59 bits per heavy atom. The fraction of sp³-hybridized carbons (Fsp3) is 0.500. The number of hydrogen-bond donors (Lipinski definition) is 3. The molecule has 1 aromatic rings. The van der Waals surface area contributed by atoms with Crippen LogP contribution < -0.4 is 16.4 Å². The summed E-state index contributed by atoms with van der Waals surface area (Å²) in [4.78, 5) is 23.7. The Kier molecular flexibility index (Phi) is 6.84. The number of halogens is 1. The van der Waals surface area contributed by atoms with Crippen molar-refractivity contribution in [1.82, 2.24) is 0 Å². The second-order valence-electron chi connectivity index (χ2n) is 5.62. The monoisotopic (exact) mass is 325 g/mol. The molecule has 2 rings (SSSR count). The summed E-state index contributed by atoms with van der Waals surface area (Å²) in [7, 11) is 0. The Morgan fingerprint density at radius 3 is 2.05 bits per heavy atom. The van der Waals surface area contributed by atoms with Gasteiger partial charge in [0, 0.05) is 24.3 Å². The molecule has 1 aliphatic carbocycles. The van der Waals surface area contributed by atoms with E-state index < -0.39 is 5.41 Å². The maximum atomic E-state index is 12.4. The first kappa shape index (κ1) is 18.5. The molecule has 1 saturated carbocycles. The average molecular weight is 326 g/mol. The minimum Gasteiger partial charge on any atom is -0.329 e. The molecule has 5 nitrogen and oxygen atoms in total. The van der Waals surface area contributed by atoms with Crippen LogP contribution in [0, 0.1) is 5.41 Å². The van der Waals surface area contributed by atoms with Gasteiger partial charge in [-0.25, -0.2) is 0 Å². The zero-order chi connectivity index (χ0) is 15.3. The zero-order valence-corrected chi connectivity index (χ0v) is 13.7. The van der Waals surface area contributed by atoms with Gasteiger partial charge in [-0.2, -0.15) is 0 Å². The van der Waals surface area contributed by atoms with Gasteiger partial charge in [0.2, 0.25) is 11.8 Å². The molecular formula is C16H24ClN3O2. The van der Waals surface area contributed by atoms with E-state index >= 15 is 0 Å². The van der Waals surface area contributed by atoms with Crippen molar-refractivity contribution >= 4 is 35.6 Å². The Bertz CT molecular complexity index is 511. The summed E-state index contributed by atoms with van der Waals surface area (Å²) in [5.41, 5.74) is 6.86. The summed E-state index contributed by atoms with van der Waals surface area (Å²) < 4.78 is 0. The number of hydrogen-bond acceptors (Lipinski definition) is 3. The van der Waals surface area contributed by atoms with E-state index in [1.807, 2.05) is 0 Å². The first-order valence-electron chi connectivity index (χ1n) is 7.51. The Labute approximate surface area is 137 Å². The predicted molar refractivity (Wildman–Crippen MR) is 91.2 cm³/mol. The van der Waals surface area contributed by atoms with E-state index in [9.17, 15) is 9.59 Å². The molecule has 22 heavy (non-hydrogen) atoms. The Hall–Kier alpha value is -1.59. The number of nitrogens with one attached hydrogen (secondary N) is 2.